The topological polar surface area (TPSA) is 81.7 Å². The van der Waals surface area contributed by atoms with Gasteiger partial charge in [0.15, 0.2) is 0 Å². The number of anilines is 1. The van der Waals surface area contributed by atoms with Crippen LogP contribution in [0.15, 0.2) is 42.5 Å². The van der Waals surface area contributed by atoms with Crippen LogP contribution in [0.1, 0.15) is 27.9 Å². The third-order valence-electron chi connectivity index (χ3n) is 4.25. The van der Waals surface area contributed by atoms with E-state index in [0.29, 0.717) is 0 Å². The Balaban J connectivity index is 1.58. The molecule has 1 heterocycles. The van der Waals surface area contributed by atoms with Crippen molar-refractivity contribution in [3.8, 4) is 5.75 Å². The molecule has 0 spiro atoms. The molecule has 25 heavy (non-hydrogen) atoms. The fourth-order valence-electron chi connectivity index (χ4n) is 3.02. The smallest absolute Gasteiger partial charge is 0.273 e. The van der Waals surface area contributed by atoms with Gasteiger partial charge < -0.3 is 10.0 Å². The Labute approximate surface area is 146 Å². The molecule has 0 aromatic heterocycles. The van der Waals surface area contributed by atoms with E-state index in [1.807, 2.05) is 30.0 Å². The maximum atomic E-state index is 12.2. The Morgan fingerprint density at radius 2 is 1.96 bits per heavy atom. The number of hydrogen-bond donors (Lipinski definition) is 3. The fourth-order valence-corrected chi connectivity index (χ4v) is 3.02. The molecule has 0 saturated carbocycles. The summed E-state index contributed by atoms with van der Waals surface area (Å²) in [6.45, 7) is 2.79. The minimum absolute atomic E-state index is 0.114. The Bertz CT molecular complexity index is 804. The summed E-state index contributed by atoms with van der Waals surface area (Å²) in [4.78, 5) is 26.2. The van der Waals surface area contributed by atoms with Crippen LogP contribution in [0, 0.1) is 6.92 Å². The van der Waals surface area contributed by atoms with Crippen LogP contribution in [-0.2, 0) is 11.2 Å². The fraction of sp³-hybridized carbons (Fsp3) is 0.263. The van der Waals surface area contributed by atoms with E-state index in [0.717, 1.165) is 30.6 Å². The van der Waals surface area contributed by atoms with Crippen LogP contribution < -0.4 is 15.8 Å². The third-order valence-corrected chi connectivity index (χ3v) is 4.25. The Hall–Kier alpha value is -3.02. The number of aromatic hydroxyl groups is 1. The molecule has 0 radical (unpaired) electrons. The van der Waals surface area contributed by atoms with E-state index in [-0.39, 0.29) is 23.8 Å². The second-order valence-corrected chi connectivity index (χ2v) is 6.18. The predicted molar refractivity (Wildman–Crippen MR) is 95.4 cm³/mol. The molecule has 3 N–H and O–H groups in total. The second-order valence-electron chi connectivity index (χ2n) is 6.18. The minimum atomic E-state index is -0.551. The highest BCUT2D eigenvalue weighted by Crippen LogP contribution is 2.26. The zero-order valence-corrected chi connectivity index (χ0v) is 14.1. The lowest BCUT2D eigenvalue weighted by Crippen LogP contribution is -2.47. The van der Waals surface area contributed by atoms with E-state index in [4.69, 9.17) is 0 Å². The molecule has 2 amide bonds. The average molecular weight is 339 g/mol. The first kappa shape index (κ1) is 16.8. The maximum absolute atomic E-state index is 12.2. The van der Waals surface area contributed by atoms with Gasteiger partial charge in [0.25, 0.3) is 11.8 Å². The molecule has 6 heteroatoms. The van der Waals surface area contributed by atoms with Gasteiger partial charge in [-0.1, -0.05) is 24.3 Å². The number of rotatable bonds is 3. The number of para-hydroxylation sites is 1. The lowest BCUT2D eigenvalue weighted by molar-refractivity contribution is -0.120. The Morgan fingerprint density at radius 1 is 1.16 bits per heavy atom. The molecule has 0 fully saturated rings. The van der Waals surface area contributed by atoms with Crippen LogP contribution in [0.2, 0.25) is 0 Å². The van der Waals surface area contributed by atoms with E-state index < -0.39 is 5.91 Å². The van der Waals surface area contributed by atoms with Crippen molar-refractivity contribution < 1.29 is 14.7 Å². The van der Waals surface area contributed by atoms with Gasteiger partial charge in [0.2, 0.25) is 0 Å². The van der Waals surface area contributed by atoms with Crippen LogP contribution in [0.25, 0.3) is 0 Å². The quantitative estimate of drug-likeness (QED) is 0.746. The Kier molecular flexibility index (Phi) is 4.88. The number of nitrogens with one attached hydrogen (secondary N) is 2. The lowest BCUT2D eigenvalue weighted by Gasteiger charge is -2.30. The van der Waals surface area contributed by atoms with Crippen molar-refractivity contribution in [3.05, 3.63) is 59.2 Å². The van der Waals surface area contributed by atoms with Gasteiger partial charge in [-0.15, -0.1) is 0 Å². The van der Waals surface area contributed by atoms with Crippen LogP contribution in [0.3, 0.4) is 0 Å². The van der Waals surface area contributed by atoms with Gasteiger partial charge in [0.1, 0.15) is 5.75 Å². The number of nitrogens with zero attached hydrogens (tertiary/aromatic N) is 1. The van der Waals surface area contributed by atoms with Crippen molar-refractivity contribution in [2.45, 2.75) is 19.8 Å². The SMILES string of the molecule is Cc1ccc(C(=O)NNC(=O)CN2CCCc3ccccc32)c(O)c1. The first-order valence-corrected chi connectivity index (χ1v) is 8.26. The van der Waals surface area contributed by atoms with Crippen LogP contribution in [0.5, 0.6) is 5.75 Å². The van der Waals surface area contributed by atoms with E-state index in [9.17, 15) is 14.7 Å². The number of aryl methyl sites for hydroxylation is 2. The number of benzene rings is 2. The number of fused-ring (bicyclic) bond motifs is 1. The molecule has 0 atom stereocenters. The van der Waals surface area contributed by atoms with Crippen LogP contribution in [0.4, 0.5) is 5.69 Å². The molecular weight excluding hydrogens is 318 g/mol. The number of hydrazine groups is 1. The summed E-state index contributed by atoms with van der Waals surface area (Å²) in [7, 11) is 0. The van der Waals surface area contributed by atoms with Crippen molar-refractivity contribution in [3.63, 3.8) is 0 Å². The zero-order valence-electron chi connectivity index (χ0n) is 14.1. The van der Waals surface area contributed by atoms with Crippen molar-refractivity contribution >= 4 is 17.5 Å². The number of carbonyl (C=O) groups excluding carboxylic acids is 2. The predicted octanol–water partition coefficient (Wildman–Crippen LogP) is 1.91. The molecule has 3 rings (SSSR count). The molecule has 6 nitrogen and oxygen atoms in total. The van der Waals surface area contributed by atoms with Gasteiger partial charge in [-0.25, -0.2) is 0 Å². The normalized spacial score (nSPS) is 13.1. The molecule has 1 aliphatic rings. The summed E-state index contributed by atoms with van der Waals surface area (Å²) in [6.07, 6.45) is 2.01. The van der Waals surface area contributed by atoms with Crippen molar-refractivity contribution in [1.82, 2.24) is 10.9 Å². The van der Waals surface area contributed by atoms with Crippen LogP contribution >= 0.6 is 0 Å². The number of carbonyl (C=O) groups is 2. The molecule has 2 aromatic carbocycles. The second kappa shape index (κ2) is 7.25. The summed E-state index contributed by atoms with van der Waals surface area (Å²) >= 11 is 0. The van der Waals surface area contributed by atoms with E-state index >= 15 is 0 Å². The number of hydrogen-bond acceptors (Lipinski definition) is 4. The molecule has 0 saturated heterocycles. The van der Waals surface area contributed by atoms with E-state index in [2.05, 4.69) is 16.9 Å². The van der Waals surface area contributed by atoms with Gasteiger partial charge in [0.05, 0.1) is 12.1 Å². The number of phenols is 1. The first-order chi connectivity index (χ1) is 12.0. The lowest BCUT2D eigenvalue weighted by atomic mass is 10.0. The van der Waals surface area contributed by atoms with Gasteiger partial charge in [-0.05, 0) is 49.1 Å². The summed E-state index contributed by atoms with van der Waals surface area (Å²) in [5.41, 5.74) is 8.02. The Morgan fingerprint density at radius 3 is 2.76 bits per heavy atom. The summed E-state index contributed by atoms with van der Waals surface area (Å²) in [6, 6.07) is 12.8. The molecule has 2 aromatic rings. The average Bonchev–Trinajstić information content (AvgIpc) is 2.60. The van der Waals surface area contributed by atoms with Crippen LogP contribution in [-0.4, -0.2) is 30.0 Å². The summed E-state index contributed by atoms with van der Waals surface area (Å²) in [5.74, 6) is -0.974. The molecular formula is C19H21N3O3. The molecule has 0 bridgehead atoms. The highest BCUT2D eigenvalue weighted by molar-refractivity contribution is 5.98. The highest BCUT2D eigenvalue weighted by atomic mass is 16.3. The minimum Gasteiger partial charge on any atom is -0.507 e. The van der Waals surface area contributed by atoms with Crippen molar-refractivity contribution in [2.24, 2.45) is 0 Å². The first-order valence-electron chi connectivity index (χ1n) is 8.26. The molecule has 1 aliphatic heterocycles. The largest absolute Gasteiger partial charge is 0.507 e. The number of phenolic OH excluding ortho intramolecular Hbond substituents is 1. The summed E-state index contributed by atoms with van der Waals surface area (Å²) < 4.78 is 0. The van der Waals surface area contributed by atoms with E-state index in [1.165, 1.54) is 17.7 Å². The molecule has 130 valence electrons. The van der Waals surface area contributed by atoms with Crippen molar-refractivity contribution in [1.29, 1.82) is 0 Å². The summed E-state index contributed by atoms with van der Waals surface area (Å²) in [5, 5.41) is 9.82. The zero-order chi connectivity index (χ0) is 17.8. The van der Waals surface area contributed by atoms with Gasteiger partial charge in [-0.3, -0.25) is 20.4 Å². The number of amides is 2. The third kappa shape index (κ3) is 3.91. The standard InChI is InChI=1S/C19H21N3O3/c1-13-8-9-15(17(23)11-13)19(25)21-20-18(24)12-22-10-4-6-14-5-2-3-7-16(14)22/h2-3,5,7-9,11,23H,4,6,10,12H2,1H3,(H,20,24)(H,21,25). The monoisotopic (exact) mass is 339 g/mol. The maximum Gasteiger partial charge on any atom is 0.273 e. The highest BCUT2D eigenvalue weighted by Gasteiger charge is 2.19. The molecule has 0 unspecified atom stereocenters. The van der Waals surface area contributed by atoms with Gasteiger partial charge in [-0.2, -0.15) is 0 Å². The van der Waals surface area contributed by atoms with Gasteiger partial charge >= 0.3 is 0 Å². The molecule has 0 aliphatic carbocycles. The van der Waals surface area contributed by atoms with Gasteiger partial charge in [0, 0.05) is 12.2 Å². The van der Waals surface area contributed by atoms with E-state index in [1.54, 1.807) is 6.07 Å². The van der Waals surface area contributed by atoms with Crippen molar-refractivity contribution in [2.75, 3.05) is 18.0 Å².